The lowest BCUT2D eigenvalue weighted by Crippen LogP contribution is -2.09. The first-order valence-corrected chi connectivity index (χ1v) is 7.97. The van der Waals surface area contributed by atoms with E-state index in [1.807, 2.05) is 11.6 Å². The quantitative estimate of drug-likeness (QED) is 0.940. The van der Waals surface area contributed by atoms with Crippen molar-refractivity contribution in [3.05, 3.63) is 29.6 Å². The fraction of sp³-hybridized carbons (Fsp3) is 0.500. The van der Waals surface area contributed by atoms with Crippen molar-refractivity contribution in [3.8, 4) is 0 Å². The first-order chi connectivity index (χ1) is 10.1. The zero-order chi connectivity index (χ0) is 14.8. The molecule has 1 aromatic carbocycles. The number of benzene rings is 1. The molecule has 0 bridgehead atoms. The second-order valence-electron chi connectivity index (χ2n) is 5.42. The number of hydrogen-bond acceptors (Lipinski definition) is 5. The standard InChI is InChI=1S/C14H18FN5S/c1-9(16)12-8-10(15)6-7-13(12)21-14-17-18-19-20(14)11-4-2-3-5-11/h6-9,11H,2-5,16H2,1H3/t9-/m1/s1. The Kier molecular flexibility index (Phi) is 4.21. The van der Waals surface area contributed by atoms with Gasteiger partial charge in [-0.3, -0.25) is 0 Å². The maximum atomic E-state index is 13.4. The molecule has 2 N–H and O–H groups in total. The number of rotatable bonds is 4. The van der Waals surface area contributed by atoms with E-state index >= 15 is 0 Å². The third-order valence-corrected chi connectivity index (χ3v) is 4.84. The molecule has 1 saturated carbocycles. The van der Waals surface area contributed by atoms with Gasteiger partial charge in [0.15, 0.2) is 0 Å². The van der Waals surface area contributed by atoms with E-state index in [1.54, 1.807) is 6.07 Å². The molecule has 0 spiro atoms. The first kappa shape index (κ1) is 14.5. The Morgan fingerprint density at radius 2 is 2.14 bits per heavy atom. The topological polar surface area (TPSA) is 69.6 Å². The Morgan fingerprint density at radius 3 is 2.86 bits per heavy atom. The van der Waals surface area contributed by atoms with E-state index in [2.05, 4.69) is 15.5 Å². The highest BCUT2D eigenvalue weighted by molar-refractivity contribution is 7.99. The highest BCUT2D eigenvalue weighted by atomic mass is 32.2. The lowest BCUT2D eigenvalue weighted by molar-refractivity contribution is 0.423. The van der Waals surface area contributed by atoms with Crippen molar-refractivity contribution in [2.24, 2.45) is 5.73 Å². The van der Waals surface area contributed by atoms with Gasteiger partial charge >= 0.3 is 0 Å². The molecule has 7 heteroatoms. The Hall–Kier alpha value is -1.47. The van der Waals surface area contributed by atoms with Crippen LogP contribution in [0.15, 0.2) is 28.3 Å². The Bertz CT molecular complexity index is 622. The van der Waals surface area contributed by atoms with Crippen molar-refractivity contribution in [3.63, 3.8) is 0 Å². The lowest BCUT2D eigenvalue weighted by atomic mass is 10.1. The molecule has 2 aromatic rings. The van der Waals surface area contributed by atoms with Crippen molar-refractivity contribution in [1.82, 2.24) is 20.2 Å². The Morgan fingerprint density at radius 1 is 1.38 bits per heavy atom. The van der Waals surface area contributed by atoms with Crippen molar-refractivity contribution in [2.75, 3.05) is 0 Å². The molecule has 0 radical (unpaired) electrons. The summed E-state index contributed by atoms with van der Waals surface area (Å²) in [4.78, 5) is 0.903. The van der Waals surface area contributed by atoms with Crippen LogP contribution < -0.4 is 5.73 Å². The molecule has 1 aliphatic rings. The van der Waals surface area contributed by atoms with Gasteiger partial charge in [0.2, 0.25) is 5.16 Å². The van der Waals surface area contributed by atoms with Crippen LogP contribution in [0.3, 0.4) is 0 Å². The van der Waals surface area contributed by atoms with E-state index < -0.39 is 0 Å². The van der Waals surface area contributed by atoms with Crippen LogP contribution in [0.1, 0.15) is 50.3 Å². The molecule has 0 amide bonds. The lowest BCUT2D eigenvalue weighted by Gasteiger charge is -2.14. The van der Waals surface area contributed by atoms with E-state index in [9.17, 15) is 4.39 Å². The van der Waals surface area contributed by atoms with Gasteiger partial charge in [-0.15, -0.1) is 5.10 Å². The zero-order valence-electron chi connectivity index (χ0n) is 11.9. The van der Waals surface area contributed by atoms with Crippen LogP contribution in [0.5, 0.6) is 0 Å². The smallest absolute Gasteiger partial charge is 0.214 e. The number of aromatic nitrogens is 4. The summed E-state index contributed by atoms with van der Waals surface area (Å²) >= 11 is 1.45. The summed E-state index contributed by atoms with van der Waals surface area (Å²) in [6.45, 7) is 1.85. The van der Waals surface area contributed by atoms with Crippen LogP contribution in [0.2, 0.25) is 0 Å². The highest BCUT2D eigenvalue weighted by Gasteiger charge is 2.22. The molecule has 1 aromatic heterocycles. The third kappa shape index (κ3) is 3.08. The average Bonchev–Trinajstić information content (AvgIpc) is 3.11. The number of nitrogens with two attached hydrogens (primary N) is 1. The normalized spacial score (nSPS) is 17.3. The summed E-state index contributed by atoms with van der Waals surface area (Å²) < 4.78 is 15.3. The predicted molar refractivity (Wildman–Crippen MR) is 78.4 cm³/mol. The molecule has 1 aliphatic carbocycles. The Balaban J connectivity index is 1.89. The van der Waals surface area contributed by atoms with Crippen LogP contribution in [-0.4, -0.2) is 20.2 Å². The SMILES string of the molecule is C[C@@H](N)c1cc(F)ccc1Sc1nnnn1C1CCCC1. The minimum Gasteiger partial charge on any atom is -0.324 e. The fourth-order valence-electron chi connectivity index (χ4n) is 2.70. The van der Waals surface area contributed by atoms with Gasteiger partial charge in [-0.2, -0.15) is 0 Å². The Labute approximate surface area is 127 Å². The van der Waals surface area contributed by atoms with Crippen LogP contribution >= 0.6 is 11.8 Å². The van der Waals surface area contributed by atoms with Gasteiger partial charge in [0.05, 0.1) is 6.04 Å². The van der Waals surface area contributed by atoms with Crippen molar-refractivity contribution in [1.29, 1.82) is 0 Å². The van der Waals surface area contributed by atoms with Gasteiger partial charge in [-0.1, -0.05) is 12.8 Å². The van der Waals surface area contributed by atoms with Crippen LogP contribution in [0.25, 0.3) is 0 Å². The number of halogens is 1. The van der Waals surface area contributed by atoms with E-state index in [0.29, 0.717) is 6.04 Å². The number of nitrogens with zero attached hydrogens (tertiary/aromatic N) is 4. The summed E-state index contributed by atoms with van der Waals surface area (Å²) in [5.74, 6) is -0.276. The van der Waals surface area contributed by atoms with Gasteiger partial charge in [0, 0.05) is 10.9 Å². The second kappa shape index (κ2) is 6.11. The monoisotopic (exact) mass is 307 g/mol. The summed E-state index contributed by atoms with van der Waals surface area (Å²) in [6.07, 6.45) is 4.66. The summed E-state index contributed by atoms with van der Waals surface area (Å²) in [6, 6.07) is 4.81. The summed E-state index contributed by atoms with van der Waals surface area (Å²) in [5, 5.41) is 12.8. The number of hydrogen-bond donors (Lipinski definition) is 1. The van der Waals surface area contributed by atoms with Crippen LogP contribution in [0, 0.1) is 5.82 Å². The fourth-order valence-corrected chi connectivity index (χ4v) is 3.75. The van der Waals surface area contributed by atoms with Crippen LogP contribution in [-0.2, 0) is 0 Å². The van der Waals surface area contributed by atoms with Gasteiger partial charge in [-0.25, -0.2) is 9.07 Å². The van der Waals surface area contributed by atoms with Crippen molar-refractivity contribution < 1.29 is 4.39 Å². The largest absolute Gasteiger partial charge is 0.324 e. The predicted octanol–water partition coefficient (Wildman–Crippen LogP) is 3.10. The third-order valence-electron chi connectivity index (χ3n) is 3.80. The van der Waals surface area contributed by atoms with E-state index in [1.165, 1.54) is 36.7 Å². The van der Waals surface area contributed by atoms with Crippen LogP contribution in [0.4, 0.5) is 4.39 Å². The van der Waals surface area contributed by atoms with Gasteiger partial charge in [0.25, 0.3) is 0 Å². The molecule has 0 unspecified atom stereocenters. The maximum absolute atomic E-state index is 13.4. The molecule has 5 nitrogen and oxygen atoms in total. The van der Waals surface area contributed by atoms with Crippen molar-refractivity contribution in [2.45, 2.75) is 54.7 Å². The molecule has 112 valence electrons. The number of tetrazole rings is 1. The minimum atomic E-state index is -0.276. The molecular formula is C14H18FN5S. The van der Waals surface area contributed by atoms with E-state index in [0.717, 1.165) is 28.5 Å². The van der Waals surface area contributed by atoms with Gasteiger partial charge < -0.3 is 5.73 Å². The van der Waals surface area contributed by atoms with E-state index in [-0.39, 0.29) is 11.9 Å². The molecule has 1 atom stereocenters. The van der Waals surface area contributed by atoms with Gasteiger partial charge in [0.1, 0.15) is 5.82 Å². The van der Waals surface area contributed by atoms with Gasteiger partial charge in [-0.05, 0) is 65.7 Å². The summed E-state index contributed by atoms with van der Waals surface area (Å²) in [5.41, 5.74) is 6.71. The van der Waals surface area contributed by atoms with Crippen molar-refractivity contribution >= 4 is 11.8 Å². The maximum Gasteiger partial charge on any atom is 0.214 e. The molecule has 21 heavy (non-hydrogen) atoms. The zero-order valence-corrected chi connectivity index (χ0v) is 12.7. The molecular weight excluding hydrogens is 289 g/mol. The first-order valence-electron chi connectivity index (χ1n) is 7.16. The van der Waals surface area contributed by atoms with E-state index in [4.69, 9.17) is 5.73 Å². The molecule has 0 aliphatic heterocycles. The molecule has 0 saturated heterocycles. The average molecular weight is 307 g/mol. The second-order valence-corrected chi connectivity index (χ2v) is 6.43. The summed E-state index contributed by atoms with van der Waals surface area (Å²) in [7, 11) is 0. The molecule has 3 rings (SSSR count). The minimum absolute atomic E-state index is 0.237. The molecule has 1 heterocycles. The molecule has 1 fully saturated rings. The highest BCUT2D eigenvalue weighted by Crippen LogP contribution is 2.36.